The molecule has 0 aliphatic rings. The van der Waals surface area contributed by atoms with Crippen LogP contribution in [0.15, 0.2) is 28.7 Å². The quantitative estimate of drug-likeness (QED) is 0.601. The number of alkyl halides is 1. The molecule has 0 radical (unpaired) electrons. The number of hydrogen-bond donors (Lipinski definition) is 1. The average molecular weight is 363 g/mol. The van der Waals surface area contributed by atoms with Gasteiger partial charge in [0.1, 0.15) is 0 Å². The van der Waals surface area contributed by atoms with Gasteiger partial charge in [0.25, 0.3) is 5.91 Å². The Hall–Kier alpha value is -0.350. The van der Waals surface area contributed by atoms with Crippen molar-refractivity contribution in [2.24, 2.45) is 5.92 Å². The molecule has 17 heavy (non-hydrogen) atoms. The van der Waals surface area contributed by atoms with Crippen molar-refractivity contribution in [2.75, 3.05) is 11.9 Å². The molecule has 1 atom stereocenters. The summed E-state index contributed by atoms with van der Waals surface area (Å²) < 4.78 is 0.839. The van der Waals surface area contributed by atoms with Gasteiger partial charge in [-0.05, 0) is 46.8 Å². The van der Waals surface area contributed by atoms with E-state index in [1.807, 2.05) is 24.3 Å². The lowest BCUT2D eigenvalue weighted by molar-refractivity contribution is 0.0952. The van der Waals surface area contributed by atoms with Crippen LogP contribution in [0.3, 0.4) is 0 Å². The van der Waals surface area contributed by atoms with Gasteiger partial charge in [0.05, 0.1) is 5.56 Å². The Kier molecular flexibility index (Phi) is 6.82. The van der Waals surface area contributed by atoms with Crippen LogP contribution in [0.4, 0.5) is 0 Å². The van der Waals surface area contributed by atoms with E-state index in [2.05, 4.69) is 44.1 Å². The van der Waals surface area contributed by atoms with Crippen LogP contribution >= 0.6 is 31.9 Å². The third-order valence-corrected chi connectivity index (χ3v) is 4.34. The molecule has 0 spiro atoms. The second-order valence-corrected chi connectivity index (χ2v) is 5.64. The highest BCUT2D eigenvalue weighted by Crippen LogP contribution is 2.15. The lowest BCUT2D eigenvalue weighted by atomic mass is 10.1. The largest absolute Gasteiger partial charge is 0.352 e. The van der Waals surface area contributed by atoms with E-state index in [1.54, 1.807) is 0 Å². The maximum atomic E-state index is 11.8. The number of halogens is 2. The summed E-state index contributed by atoms with van der Waals surface area (Å²) in [4.78, 5) is 11.8. The van der Waals surface area contributed by atoms with Crippen LogP contribution in [0.2, 0.25) is 0 Å². The monoisotopic (exact) mass is 361 g/mol. The Morgan fingerprint density at radius 2 is 2.12 bits per heavy atom. The van der Waals surface area contributed by atoms with E-state index in [0.717, 1.165) is 29.2 Å². The zero-order chi connectivity index (χ0) is 12.7. The van der Waals surface area contributed by atoms with E-state index >= 15 is 0 Å². The zero-order valence-electron chi connectivity index (χ0n) is 9.88. The molecule has 0 bridgehead atoms. The summed E-state index contributed by atoms with van der Waals surface area (Å²) in [6, 6.07) is 7.47. The van der Waals surface area contributed by atoms with Gasteiger partial charge in [-0.3, -0.25) is 4.79 Å². The standard InChI is InChI=1S/C13H17Br2NO/c1-10(9-14)5-4-8-16-13(17)11-6-2-3-7-12(11)15/h2-3,6-7,10H,4-5,8-9H2,1H3,(H,16,17). The highest BCUT2D eigenvalue weighted by Gasteiger charge is 2.08. The SMILES string of the molecule is CC(CBr)CCCNC(=O)c1ccccc1Br. The summed E-state index contributed by atoms with van der Waals surface area (Å²) in [5.74, 6) is 0.652. The Balaban J connectivity index is 2.33. The predicted octanol–water partition coefficient (Wildman–Crippen LogP) is 3.99. The molecule has 0 aromatic heterocycles. The normalized spacial score (nSPS) is 12.2. The van der Waals surface area contributed by atoms with E-state index in [0.29, 0.717) is 11.5 Å². The maximum absolute atomic E-state index is 11.8. The van der Waals surface area contributed by atoms with Crippen LogP contribution in [0.5, 0.6) is 0 Å². The Bertz CT molecular complexity index is 368. The lowest BCUT2D eigenvalue weighted by Crippen LogP contribution is -2.25. The van der Waals surface area contributed by atoms with Gasteiger partial charge >= 0.3 is 0 Å². The van der Waals surface area contributed by atoms with Gasteiger partial charge in [-0.2, -0.15) is 0 Å². The Morgan fingerprint density at radius 1 is 1.41 bits per heavy atom. The van der Waals surface area contributed by atoms with Crippen molar-refractivity contribution in [2.45, 2.75) is 19.8 Å². The van der Waals surface area contributed by atoms with Crippen molar-refractivity contribution in [3.63, 3.8) is 0 Å². The van der Waals surface area contributed by atoms with Gasteiger partial charge in [0.15, 0.2) is 0 Å². The van der Waals surface area contributed by atoms with Crippen molar-refractivity contribution in [3.8, 4) is 0 Å². The molecular formula is C13H17Br2NO. The molecule has 0 aliphatic carbocycles. The fourth-order valence-electron chi connectivity index (χ4n) is 1.47. The number of benzene rings is 1. The predicted molar refractivity (Wildman–Crippen MR) is 78.7 cm³/mol. The molecule has 1 N–H and O–H groups in total. The Labute approximate surface area is 119 Å². The van der Waals surface area contributed by atoms with E-state index in [9.17, 15) is 4.79 Å². The zero-order valence-corrected chi connectivity index (χ0v) is 13.1. The van der Waals surface area contributed by atoms with Crippen molar-refractivity contribution < 1.29 is 4.79 Å². The molecule has 1 rings (SSSR count). The molecule has 1 aromatic carbocycles. The molecule has 1 unspecified atom stereocenters. The lowest BCUT2D eigenvalue weighted by Gasteiger charge is -2.09. The summed E-state index contributed by atoms with van der Waals surface area (Å²) in [5, 5.41) is 3.95. The van der Waals surface area contributed by atoms with Crippen molar-refractivity contribution in [1.82, 2.24) is 5.32 Å². The number of rotatable bonds is 6. The summed E-state index contributed by atoms with van der Waals surface area (Å²) in [6.45, 7) is 2.93. The summed E-state index contributed by atoms with van der Waals surface area (Å²) in [6.07, 6.45) is 2.14. The fourth-order valence-corrected chi connectivity index (χ4v) is 2.26. The fraction of sp³-hybridized carbons (Fsp3) is 0.462. The van der Waals surface area contributed by atoms with Crippen LogP contribution in [-0.4, -0.2) is 17.8 Å². The summed E-state index contributed by atoms with van der Waals surface area (Å²) in [5.41, 5.74) is 0.695. The second kappa shape index (κ2) is 7.88. The number of carbonyl (C=O) groups is 1. The first kappa shape index (κ1) is 14.7. The van der Waals surface area contributed by atoms with E-state index in [-0.39, 0.29) is 5.91 Å². The van der Waals surface area contributed by atoms with Crippen LogP contribution in [0.25, 0.3) is 0 Å². The molecule has 0 saturated heterocycles. The van der Waals surface area contributed by atoms with Gasteiger partial charge in [0, 0.05) is 16.3 Å². The second-order valence-electron chi connectivity index (χ2n) is 4.14. The summed E-state index contributed by atoms with van der Waals surface area (Å²) in [7, 11) is 0. The number of hydrogen-bond acceptors (Lipinski definition) is 1. The minimum absolute atomic E-state index is 0.0102. The molecule has 94 valence electrons. The molecular weight excluding hydrogens is 346 g/mol. The molecule has 0 saturated carbocycles. The van der Waals surface area contributed by atoms with E-state index in [4.69, 9.17) is 0 Å². The van der Waals surface area contributed by atoms with Crippen LogP contribution in [0.1, 0.15) is 30.1 Å². The van der Waals surface area contributed by atoms with Gasteiger partial charge in [-0.15, -0.1) is 0 Å². The molecule has 1 aromatic rings. The number of carbonyl (C=O) groups excluding carboxylic acids is 1. The molecule has 0 fully saturated rings. The molecule has 0 heterocycles. The Morgan fingerprint density at radius 3 is 2.76 bits per heavy atom. The topological polar surface area (TPSA) is 29.1 Å². The maximum Gasteiger partial charge on any atom is 0.252 e. The van der Waals surface area contributed by atoms with E-state index < -0.39 is 0 Å². The molecule has 0 aliphatic heterocycles. The molecule has 4 heteroatoms. The highest BCUT2D eigenvalue weighted by atomic mass is 79.9. The van der Waals surface area contributed by atoms with E-state index in [1.165, 1.54) is 0 Å². The van der Waals surface area contributed by atoms with Gasteiger partial charge in [-0.1, -0.05) is 35.0 Å². The van der Waals surface area contributed by atoms with Gasteiger partial charge in [0.2, 0.25) is 0 Å². The number of amides is 1. The first-order valence-electron chi connectivity index (χ1n) is 5.74. The van der Waals surface area contributed by atoms with Crippen LogP contribution < -0.4 is 5.32 Å². The van der Waals surface area contributed by atoms with Crippen molar-refractivity contribution in [1.29, 1.82) is 0 Å². The smallest absolute Gasteiger partial charge is 0.252 e. The first-order chi connectivity index (χ1) is 8.15. The molecule has 2 nitrogen and oxygen atoms in total. The van der Waals surface area contributed by atoms with Crippen molar-refractivity contribution >= 4 is 37.8 Å². The summed E-state index contributed by atoms with van der Waals surface area (Å²) >= 11 is 6.82. The third kappa shape index (κ3) is 5.21. The average Bonchev–Trinajstić information content (AvgIpc) is 2.34. The molecule has 1 amide bonds. The third-order valence-electron chi connectivity index (χ3n) is 2.54. The van der Waals surface area contributed by atoms with Crippen LogP contribution in [0, 0.1) is 5.92 Å². The minimum Gasteiger partial charge on any atom is -0.352 e. The van der Waals surface area contributed by atoms with Crippen LogP contribution in [-0.2, 0) is 0 Å². The van der Waals surface area contributed by atoms with Gasteiger partial charge < -0.3 is 5.32 Å². The van der Waals surface area contributed by atoms with Crippen molar-refractivity contribution in [3.05, 3.63) is 34.3 Å². The highest BCUT2D eigenvalue weighted by molar-refractivity contribution is 9.10. The first-order valence-corrected chi connectivity index (χ1v) is 7.65. The minimum atomic E-state index is -0.0102. The van der Waals surface area contributed by atoms with Gasteiger partial charge in [-0.25, -0.2) is 0 Å². The number of nitrogens with one attached hydrogen (secondary N) is 1.